The summed E-state index contributed by atoms with van der Waals surface area (Å²) in [5.74, 6) is 0.485. The molecule has 1 aromatic heterocycles. The van der Waals surface area contributed by atoms with Gasteiger partial charge in [0.05, 0.1) is 16.4 Å². The highest BCUT2D eigenvalue weighted by Gasteiger charge is 2.33. The van der Waals surface area contributed by atoms with Crippen LogP contribution in [0.5, 0.6) is 0 Å². The monoisotopic (exact) mass is 347 g/mol. The van der Waals surface area contributed by atoms with Crippen LogP contribution < -0.4 is 5.32 Å². The van der Waals surface area contributed by atoms with Crippen molar-refractivity contribution in [3.05, 3.63) is 40.7 Å². The van der Waals surface area contributed by atoms with Crippen LogP contribution >= 0.6 is 11.6 Å². The number of halogens is 1. The molecule has 0 aliphatic heterocycles. The molecule has 1 fully saturated rings. The molecule has 1 amide bonds. The van der Waals surface area contributed by atoms with Gasteiger partial charge in [0.2, 0.25) is 0 Å². The molecule has 1 saturated carbocycles. The van der Waals surface area contributed by atoms with Gasteiger partial charge in [0.25, 0.3) is 5.91 Å². The van der Waals surface area contributed by atoms with Crippen LogP contribution in [0.4, 0.5) is 0 Å². The summed E-state index contributed by atoms with van der Waals surface area (Å²) in [7, 11) is 4.10. The number of nitrogens with one attached hydrogen (secondary N) is 1. The zero-order valence-electron chi connectivity index (χ0n) is 14.2. The van der Waals surface area contributed by atoms with Gasteiger partial charge in [-0.1, -0.05) is 28.9 Å². The Morgan fingerprint density at radius 3 is 2.75 bits per heavy atom. The Kier molecular flexibility index (Phi) is 4.87. The van der Waals surface area contributed by atoms with Crippen LogP contribution in [0.1, 0.15) is 29.0 Å². The van der Waals surface area contributed by atoms with Crippen LogP contribution in [-0.4, -0.2) is 52.5 Å². The lowest BCUT2D eigenvalue weighted by molar-refractivity contribution is 0.0933. The zero-order chi connectivity index (χ0) is 17.3. The smallest absolute Gasteiger partial charge is 0.273 e. The molecular formula is C17H22ClN5O. The van der Waals surface area contributed by atoms with E-state index in [0.717, 1.165) is 0 Å². The highest BCUT2D eigenvalue weighted by Crippen LogP contribution is 2.34. The van der Waals surface area contributed by atoms with Crippen molar-refractivity contribution in [1.82, 2.24) is 25.2 Å². The minimum absolute atomic E-state index is 0.196. The maximum Gasteiger partial charge on any atom is 0.273 e. The molecular weight excluding hydrogens is 326 g/mol. The summed E-state index contributed by atoms with van der Waals surface area (Å²) in [6, 6.07) is 7.73. The van der Waals surface area contributed by atoms with Crippen LogP contribution in [0.25, 0.3) is 5.69 Å². The van der Waals surface area contributed by atoms with Gasteiger partial charge in [-0.15, -0.1) is 5.10 Å². The summed E-state index contributed by atoms with van der Waals surface area (Å²) in [6.45, 7) is 2.44. The Morgan fingerprint density at radius 1 is 1.42 bits per heavy atom. The number of likely N-dealkylation sites (N-methyl/N-ethyl adjacent to an activating group) is 1. The number of aromatic nitrogens is 3. The van der Waals surface area contributed by atoms with E-state index in [9.17, 15) is 4.79 Å². The van der Waals surface area contributed by atoms with Crippen molar-refractivity contribution in [1.29, 1.82) is 0 Å². The van der Waals surface area contributed by atoms with Gasteiger partial charge in [0, 0.05) is 12.6 Å². The van der Waals surface area contributed by atoms with Gasteiger partial charge < -0.3 is 10.2 Å². The first-order valence-electron chi connectivity index (χ1n) is 8.11. The van der Waals surface area contributed by atoms with Gasteiger partial charge in [-0.3, -0.25) is 4.79 Å². The van der Waals surface area contributed by atoms with E-state index in [2.05, 4.69) is 20.5 Å². The SMILES string of the molecule is Cc1c(C(=O)NCC(C2CC2)N(C)C)nnn1-c1ccccc1Cl. The molecule has 1 N–H and O–H groups in total. The van der Waals surface area contributed by atoms with E-state index in [1.807, 2.05) is 39.2 Å². The maximum absolute atomic E-state index is 12.5. The number of hydrogen-bond donors (Lipinski definition) is 1. The molecule has 128 valence electrons. The summed E-state index contributed by atoms with van der Waals surface area (Å²) >= 11 is 6.20. The van der Waals surface area contributed by atoms with Crippen molar-refractivity contribution in [3.8, 4) is 5.69 Å². The van der Waals surface area contributed by atoms with Gasteiger partial charge in [-0.2, -0.15) is 0 Å². The van der Waals surface area contributed by atoms with Crippen molar-refractivity contribution in [2.24, 2.45) is 5.92 Å². The third-order valence-electron chi connectivity index (χ3n) is 4.49. The molecule has 6 nitrogen and oxygen atoms in total. The standard InChI is InChI=1S/C17H22ClN5O/c1-11-16(17(24)19-10-15(22(2)3)12-8-9-12)20-21-23(11)14-7-5-4-6-13(14)18/h4-7,12,15H,8-10H2,1-3H3,(H,19,24). The summed E-state index contributed by atoms with van der Waals surface area (Å²) in [6.07, 6.45) is 2.47. The van der Waals surface area contributed by atoms with Gasteiger partial charge in [0.1, 0.15) is 0 Å². The Balaban J connectivity index is 1.73. The molecule has 1 aromatic carbocycles. The number of amides is 1. The van der Waals surface area contributed by atoms with Crippen LogP contribution in [0.15, 0.2) is 24.3 Å². The molecule has 0 bridgehead atoms. The molecule has 1 unspecified atom stereocenters. The van der Waals surface area contributed by atoms with E-state index in [0.29, 0.717) is 40.6 Å². The first kappa shape index (κ1) is 16.9. The van der Waals surface area contributed by atoms with E-state index in [1.54, 1.807) is 10.7 Å². The van der Waals surface area contributed by atoms with Gasteiger partial charge >= 0.3 is 0 Å². The highest BCUT2D eigenvalue weighted by molar-refractivity contribution is 6.32. The molecule has 3 rings (SSSR count). The lowest BCUT2D eigenvalue weighted by Gasteiger charge is -2.24. The third kappa shape index (κ3) is 3.44. The normalized spacial score (nSPS) is 15.5. The Bertz CT molecular complexity index is 736. The summed E-state index contributed by atoms with van der Waals surface area (Å²) in [4.78, 5) is 14.7. The predicted molar refractivity (Wildman–Crippen MR) is 93.6 cm³/mol. The first-order valence-corrected chi connectivity index (χ1v) is 8.48. The molecule has 1 atom stereocenters. The zero-order valence-corrected chi connectivity index (χ0v) is 14.9. The Hall–Kier alpha value is -1.92. The Morgan fingerprint density at radius 2 is 2.12 bits per heavy atom. The van der Waals surface area contributed by atoms with Gasteiger partial charge in [0.15, 0.2) is 5.69 Å². The number of hydrogen-bond acceptors (Lipinski definition) is 4. The second kappa shape index (κ2) is 6.91. The van der Waals surface area contributed by atoms with Crippen LogP contribution in [0.3, 0.4) is 0 Å². The lowest BCUT2D eigenvalue weighted by atomic mass is 10.1. The van der Waals surface area contributed by atoms with Crippen LogP contribution in [-0.2, 0) is 0 Å². The average Bonchev–Trinajstić information content (AvgIpc) is 3.30. The maximum atomic E-state index is 12.5. The molecule has 1 aliphatic rings. The van der Waals surface area contributed by atoms with E-state index < -0.39 is 0 Å². The van der Waals surface area contributed by atoms with Crippen molar-refractivity contribution >= 4 is 17.5 Å². The number of nitrogens with zero attached hydrogens (tertiary/aromatic N) is 4. The lowest BCUT2D eigenvalue weighted by Crippen LogP contribution is -2.41. The number of carbonyl (C=O) groups is 1. The average molecular weight is 348 g/mol. The summed E-state index contributed by atoms with van der Waals surface area (Å²) < 4.78 is 1.60. The summed E-state index contributed by atoms with van der Waals surface area (Å²) in [5, 5.41) is 11.7. The van der Waals surface area contributed by atoms with Crippen LogP contribution in [0.2, 0.25) is 5.02 Å². The topological polar surface area (TPSA) is 63.1 Å². The fraction of sp³-hybridized carbons (Fsp3) is 0.471. The summed E-state index contributed by atoms with van der Waals surface area (Å²) in [5.41, 5.74) is 1.73. The molecule has 1 heterocycles. The number of carbonyl (C=O) groups excluding carboxylic acids is 1. The van der Waals surface area contributed by atoms with Gasteiger partial charge in [-0.05, 0) is 51.9 Å². The minimum Gasteiger partial charge on any atom is -0.349 e. The Labute approximate surface area is 146 Å². The molecule has 0 spiro atoms. The fourth-order valence-electron chi connectivity index (χ4n) is 2.92. The molecule has 0 radical (unpaired) electrons. The number of benzene rings is 1. The molecule has 1 aliphatic carbocycles. The fourth-order valence-corrected chi connectivity index (χ4v) is 3.14. The second-order valence-electron chi connectivity index (χ2n) is 6.47. The van der Waals surface area contributed by atoms with E-state index in [1.165, 1.54) is 12.8 Å². The van der Waals surface area contributed by atoms with Crippen molar-refractivity contribution in [3.63, 3.8) is 0 Å². The molecule has 2 aromatic rings. The molecule has 24 heavy (non-hydrogen) atoms. The van der Waals surface area contributed by atoms with Crippen molar-refractivity contribution < 1.29 is 4.79 Å². The van der Waals surface area contributed by atoms with Gasteiger partial charge in [-0.25, -0.2) is 4.68 Å². The molecule has 7 heteroatoms. The van der Waals surface area contributed by atoms with E-state index in [4.69, 9.17) is 11.6 Å². The number of rotatable bonds is 6. The van der Waals surface area contributed by atoms with E-state index >= 15 is 0 Å². The second-order valence-corrected chi connectivity index (χ2v) is 6.87. The third-order valence-corrected chi connectivity index (χ3v) is 4.81. The largest absolute Gasteiger partial charge is 0.349 e. The molecule has 0 saturated heterocycles. The highest BCUT2D eigenvalue weighted by atomic mass is 35.5. The first-order chi connectivity index (χ1) is 11.5. The quantitative estimate of drug-likeness (QED) is 0.871. The minimum atomic E-state index is -0.196. The predicted octanol–water partition coefficient (Wildman–Crippen LogP) is 2.30. The van der Waals surface area contributed by atoms with Crippen molar-refractivity contribution in [2.45, 2.75) is 25.8 Å². The van der Waals surface area contributed by atoms with Crippen LogP contribution in [0, 0.1) is 12.8 Å². The van der Waals surface area contributed by atoms with E-state index in [-0.39, 0.29) is 5.91 Å². The number of para-hydroxylation sites is 1. The van der Waals surface area contributed by atoms with Crippen molar-refractivity contribution in [2.75, 3.05) is 20.6 Å².